The van der Waals surface area contributed by atoms with Gasteiger partial charge in [-0.3, -0.25) is 0 Å². The number of nitrogens with zero attached hydrogens (tertiary/aromatic N) is 2. The van der Waals surface area contributed by atoms with Gasteiger partial charge < -0.3 is 9.67 Å². The number of benzene rings is 1. The van der Waals surface area contributed by atoms with Gasteiger partial charge in [-0.15, -0.1) is 11.3 Å². The molecule has 0 atom stereocenters. The second-order valence-electron chi connectivity index (χ2n) is 5.78. The number of carboxylic acid groups (broad SMARTS) is 1. The summed E-state index contributed by atoms with van der Waals surface area (Å²) in [4.78, 5) is 17.0. The molecule has 0 saturated carbocycles. The fraction of sp³-hybridized carbons (Fsp3) is 0.158. The van der Waals surface area contributed by atoms with Crippen molar-refractivity contribution in [1.82, 2.24) is 9.55 Å². The number of aromatic nitrogens is 2. The van der Waals surface area contributed by atoms with Crippen molar-refractivity contribution >= 4 is 46.6 Å². The molecule has 0 bridgehead atoms. The van der Waals surface area contributed by atoms with Crippen molar-refractivity contribution in [3.63, 3.8) is 0 Å². The lowest BCUT2D eigenvalue weighted by atomic mass is 10.1. The molecule has 0 unspecified atom stereocenters. The molecule has 0 spiro atoms. The third-order valence-electron chi connectivity index (χ3n) is 3.97. The number of carboxylic acids is 1. The molecule has 0 amide bonds. The zero-order chi connectivity index (χ0) is 18.7. The Morgan fingerprint density at radius 2 is 2.15 bits per heavy atom. The van der Waals surface area contributed by atoms with Gasteiger partial charge in [-0.1, -0.05) is 35.3 Å². The highest BCUT2D eigenvalue weighted by molar-refractivity contribution is 7.09. The van der Waals surface area contributed by atoms with Crippen LogP contribution in [0.25, 0.3) is 6.08 Å². The number of imidazole rings is 1. The lowest BCUT2D eigenvalue weighted by Crippen LogP contribution is -2.07. The lowest BCUT2D eigenvalue weighted by molar-refractivity contribution is -0.132. The topological polar surface area (TPSA) is 55.1 Å². The predicted molar refractivity (Wildman–Crippen MR) is 106 cm³/mol. The van der Waals surface area contributed by atoms with E-state index in [1.165, 1.54) is 11.3 Å². The Labute approximate surface area is 165 Å². The summed E-state index contributed by atoms with van der Waals surface area (Å²) >= 11 is 13.8. The maximum Gasteiger partial charge on any atom is 0.332 e. The standard InChI is InChI=1S/C19H16Cl2N2O2S/c1-12-22-10-16(7-14(19(24)25)8-17-3-2-6-26-17)23(12)11-13-4-5-15(20)9-18(13)21/h2-7,9-10H,8,11H2,1H3,(H,24,25). The van der Waals surface area contributed by atoms with E-state index < -0.39 is 5.97 Å². The van der Waals surface area contributed by atoms with E-state index in [0.29, 0.717) is 28.6 Å². The van der Waals surface area contributed by atoms with Crippen molar-refractivity contribution in [3.8, 4) is 0 Å². The van der Waals surface area contributed by atoms with Crippen molar-refractivity contribution in [3.05, 3.63) is 79.5 Å². The SMILES string of the molecule is Cc1ncc(C=C(Cc2cccs2)C(=O)O)n1Cc1ccc(Cl)cc1Cl. The minimum absolute atomic E-state index is 0.316. The molecule has 3 aromatic rings. The summed E-state index contributed by atoms with van der Waals surface area (Å²) in [6.45, 7) is 2.36. The molecule has 3 rings (SSSR count). The van der Waals surface area contributed by atoms with Crippen LogP contribution in [0.3, 0.4) is 0 Å². The summed E-state index contributed by atoms with van der Waals surface area (Å²) in [7, 11) is 0. The Morgan fingerprint density at radius 3 is 2.81 bits per heavy atom. The van der Waals surface area contributed by atoms with Gasteiger partial charge in [0, 0.05) is 26.9 Å². The van der Waals surface area contributed by atoms with E-state index in [4.69, 9.17) is 23.2 Å². The fourth-order valence-electron chi connectivity index (χ4n) is 2.59. The average Bonchev–Trinajstić information content (AvgIpc) is 3.21. The number of rotatable bonds is 6. The zero-order valence-electron chi connectivity index (χ0n) is 13.9. The normalized spacial score (nSPS) is 11.7. The fourth-order valence-corrected chi connectivity index (χ4v) is 3.79. The highest BCUT2D eigenvalue weighted by atomic mass is 35.5. The van der Waals surface area contributed by atoms with Crippen LogP contribution in [0.5, 0.6) is 0 Å². The van der Waals surface area contributed by atoms with Gasteiger partial charge in [0.15, 0.2) is 0 Å². The third kappa shape index (κ3) is 4.36. The molecule has 0 radical (unpaired) electrons. The number of thiophene rings is 1. The minimum atomic E-state index is -0.937. The van der Waals surface area contributed by atoms with E-state index in [1.807, 2.05) is 35.1 Å². The van der Waals surface area contributed by atoms with Gasteiger partial charge in [0.2, 0.25) is 0 Å². The number of aryl methyl sites for hydroxylation is 1. The van der Waals surface area contributed by atoms with Gasteiger partial charge in [0.1, 0.15) is 5.82 Å². The van der Waals surface area contributed by atoms with Crippen molar-refractivity contribution in [1.29, 1.82) is 0 Å². The summed E-state index contributed by atoms with van der Waals surface area (Å²) in [5.41, 5.74) is 1.93. The molecule has 7 heteroatoms. The monoisotopic (exact) mass is 406 g/mol. The van der Waals surface area contributed by atoms with E-state index >= 15 is 0 Å². The van der Waals surface area contributed by atoms with Crippen LogP contribution in [0.15, 0.2) is 47.5 Å². The van der Waals surface area contributed by atoms with Crippen molar-refractivity contribution in [2.45, 2.75) is 19.9 Å². The summed E-state index contributed by atoms with van der Waals surface area (Å²) in [6.07, 6.45) is 3.72. The largest absolute Gasteiger partial charge is 0.478 e. The van der Waals surface area contributed by atoms with Crippen molar-refractivity contribution < 1.29 is 9.90 Å². The number of hydrogen-bond acceptors (Lipinski definition) is 3. The predicted octanol–water partition coefficient (Wildman–Crippen LogP) is 5.32. The van der Waals surface area contributed by atoms with E-state index in [1.54, 1.807) is 24.4 Å². The molecule has 0 saturated heterocycles. The Morgan fingerprint density at radius 1 is 1.35 bits per heavy atom. The second-order valence-corrected chi connectivity index (χ2v) is 7.66. The van der Waals surface area contributed by atoms with Crippen molar-refractivity contribution in [2.75, 3.05) is 0 Å². The first-order valence-electron chi connectivity index (χ1n) is 7.86. The van der Waals surface area contributed by atoms with Crippen LogP contribution in [0.1, 0.15) is 22.0 Å². The average molecular weight is 407 g/mol. The molecule has 0 aliphatic carbocycles. The van der Waals surface area contributed by atoms with Gasteiger partial charge >= 0.3 is 5.97 Å². The van der Waals surface area contributed by atoms with E-state index in [2.05, 4.69) is 4.98 Å². The van der Waals surface area contributed by atoms with Gasteiger partial charge in [0.05, 0.1) is 18.4 Å². The molecular weight excluding hydrogens is 391 g/mol. The molecule has 1 aromatic carbocycles. The first kappa shape index (κ1) is 18.7. The van der Waals surface area contributed by atoms with Crippen LogP contribution < -0.4 is 0 Å². The minimum Gasteiger partial charge on any atom is -0.478 e. The molecule has 1 N–H and O–H groups in total. The smallest absolute Gasteiger partial charge is 0.332 e. The highest BCUT2D eigenvalue weighted by Gasteiger charge is 2.13. The van der Waals surface area contributed by atoms with Crippen LogP contribution in [-0.4, -0.2) is 20.6 Å². The third-order valence-corrected chi connectivity index (χ3v) is 5.43. The number of halogens is 2. The Balaban J connectivity index is 1.94. The molecular formula is C19H16Cl2N2O2S. The van der Waals surface area contributed by atoms with E-state index in [0.717, 1.165) is 22.0 Å². The van der Waals surface area contributed by atoms with E-state index in [9.17, 15) is 9.90 Å². The summed E-state index contributed by atoms with van der Waals surface area (Å²) < 4.78 is 1.94. The quantitative estimate of drug-likeness (QED) is 0.563. The van der Waals surface area contributed by atoms with Crippen LogP contribution in [-0.2, 0) is 17.8 Å². The Kier molecular flexibility index (Phi) is 5.81. The molecule has 0 aliphatic heterocycles. The maximum atomic E-state index is 11.7. The van der Waals surface area contributed by atoms with Crippen LogP contribution in [0, 0.1) is 6.92 Å². The molecule has 0 fully saturated rings. The maximum absolute atomic E-state index is 11.7. The van der Waals surface area contributed by atoms with Crippen LogP contribution >= 0.6 is 34.5 Å². The highest BCUT2D eigenvalue weighted by Crippen LogP contribution is 2.24. The summed E-state index contributed by atoms with van der Waals surface area (Å²) in [5.74, 6) is -0.156. The second kappa shape index (κ2) is 8.08. The molecule has 2 aromatic heterocycles. The zero-order valence-corrected chi connectivity index (χ0v) is 16.3. The van der Waals surface area contributed by atoms with Gasteiger partial charge in [-0.2, -0.15) is 0 Å². The number of carbonyl (C=O) groups is 1. The Bertz CT molecular complexity index is 962. The number of hydrogen-bond donors (Lipinski definition) is 1. The first-order chi connectivity index (χ1) is 12.4. The Hall–Kier alpha value is -2.08. The van der Waals surface area contributed by atoms with Crippen LogP contribution in [0.4, 0.5) is 0 Å². The van der Waals surface area contributed by atoms with Gasteiger partial charge in [-0.05, 0) is 42.1 Å². The summed E-state index contributed by atoms with van der Waals surface area (Å²) in [6, 6.07) is 9.18. The van der Waals surface area contributed by atoms with Gasteiger partial charge in [-0.25, -0.2) is 9.78 Å². The lowest BCUT2D eigenvalue weighted by Gasteiger charge is -2.11. The molecule has 26 heavy (non-hydrogen) atoms. The van der Waals surface area contributed by atoms with Crippen molar-refractivity contribution in [2.24, 2.45) is 0 Å². The molecule has 4 nitrogen and oxygen atoms in total. The first-order valence-corrected chi connectivity index (χ1v) is 9.50. The summed E-state index contributed by atoms with van der Waals surface area (Å²) in [5, 5.41) is 12.6. The van der Waals surface area contributed by atoms with E-state index in [-0.39, 0.29) is 0 Å². The molecule has 2 heterocycles. The molecule has 0 aliphatic rings. The van der Waals surface area contributed by atoms with Crippen LogP contribution in [0.2, 0.25) is 10.0 Å². The number of aliphatic carboxylic acids is 1. The molecule has 134 valence electrons. The van der Waals surface area contributed by atoms with Gasteiger partial charge in [0.25, 0.3) is 0 Å².